The third kappa shape index (κ3) is 2.29. The van der Waals surface area contributed by atoms with Crippen molar-refractivity contribution < 1.29 is 9.90 Å². The molecule has 0 unspecified atom stereocenters. The molecular weight excluding hydrogens is 264 g/mol. The molecule has 0 radical (unpaired) electrons. The van der Waals surface area contributed by atoms with E-state index in [1.165, 1.54) is 0 Å². The molecule has 1 aromatic carbocycles. The third-order valence-electron chi connectivity index (χ3n) is 3.68. The molecule has 0 aliphatic heterocycles. The Balaban J connectivity index is 2.23. The van der Waals surface area contributed by atoms with E-state index in [1.54, 1.807) is 12.1 Å². The lowest BCUT2D eigenvalue weighted by Crippen LogP contribution is -1.94. The van der Waals surface area contributed by atoms with E-state index in [2.05, 4.69) is 9.97 Å². The van der Waals surface area contributed by atoms with Gasteiger partial charge in [0, 0.05) is 33.5 Å². The highest BCUT2D eigenvalue weighted by Crippen LogP contribution is 2.30. The lowest BCUT2D eigenvalue weighted by molar-refractivity contribution is 0.0697. The lowest BCUT2D eigenvalue weighted by atomic mass is 10.1. The van der Waals surface area contributed by atoms with Gasteiger partial charge < -0.3 is 10.1 Å². The van der Waals surface area contributed by atoms with Crippen molar-refractivity contribution in [3.05, 3.63) is 52.8 Å². The number of carboxylic acid groups (broad SMARTS) is 1. The summed E-state index contributed by atoms with van der Waals surface area (Å²) in [5.41, 5.74) is 6.27. The monoisotopic (exact) mass is 280 g/mol. The number of aromatic nitrogens is 2. The van der Waals surface area contributed by atoms with Crippen LogP contribution in [0.2, 0.25) is 0 Å². The van der Waals surface area contributed by atoms with Gasteiger partial charge in [-0.3, -0.25) is 4.98 Å². The van der Waals surface area contributed by atoms with Crippen LogP contribution in [0.1, 0.15) is 27.3 Å². The number of benzene rings is 1. The molecule has 0 saturated heterocycles. The van der Waals surface area contributed by atoms with Gasteiger partial charge in [0.1, 0.15) is 0 Å². The Labute approximate surface area is 122 Å². The summed E-state index contributed by atoms with van der Waals surface area (Å²) in [6, 6.07) is 9.23. The van der Waals surface area contributed by atoms with Crippen molar-refractivity contribution >= 4 is 16.9 Å². The maximum absolute atomic E-state index is 11.1. The molecule has 0 fully saturated rings. The number of nitrogens with one attached hydrogen (secondary N) is 1. The molecule has 4 heteroatoms. The summed E-state index contributed by atoms with van der Waals surface area (Å²) in [7, 11) is 0. The summed E-state index contributed by atoms with van der Waals surface area (Å²) >= 11 is 0. The molecule has 0 aliphatic rings. The zero-order chi connectivity index (χ0) is 15.1. The first-order valence-electron chi connectivity index (χ1n) is 6.77. The van der Waals surface area contributed by atoms with Crippen LogP contribution < -0.4 is 0 Å². The smallest absolute Gasteiger partial charge is 0.335 e. The van der Waals surface area contributed by atoms with Crippen LogP contribution in [-0.4, -0.2) is 21.0 Å². The summed E-state index contributed by atoms with van der Waals surface area (Å²) in [6.07, 6.45) is 0. The fourth-order valence-electron chi connectivity index (χ4n) is 2.74. The predicted octanol–water partition coefficient (Wildman–Crippen LogP) is 3.85. The van der Waals surface area contributed by atoms with Gasteiger partial charge in [-0.15, -0.1) is 0 Å². The van der Waals surface area contributed by atoms with Gasteiger partial charge in [-0.2, -0.15) is 0 Å². The average molecular weight is 280 g/mol. The van der Waals surface area contributed by atoms with Crippen molar-refractivity contribution in [2.24, 2.45) is 0 Å². The molecule has 2 aromatic heterocycles. The maximum atomic E-state index is 11.1. The second kappa shape index (κ2) is 4.74. The van der Waals surface area contributed by atoms with Gasteiger partial charge in [0.25, 0.3) is 0 Å². The third-order valence-corrected chi connectivity index (χ3v) is 3.68. The molecule has 4 nitrogen and oxygen atoms in total. The number of pyridine rings is 1. The van der Waals surface area contributed by atoms with Crippen LogP contribution in [0.4, 0.5) is 0 Å². The number of nitrogens with zero attached hydrogens (tertiary/aromatic N) is 1. The van der Waals surface area contributed by atoms with E-state index in [9.17, 15) is 4.79 Å². The number of rotatable bonds is 2. The summed E-state index contributed by atoms with van der Waals surface area (Å²) in [5, 5.41) is 10.1. The Morgan fingerprint density at radius 1 is 1.10 bits per heavy atom. The van der Waals surface area contributed by atoms with Gasteiger partial charge in [-0.1, -0.05) is 6.07 Å². The molecule has 0 aliphatic carbocycles. The van der Waals surface area contributed by atoms with Gasteiger partial charge in [-0.05, 0) is 50.6 Å². The van der Waals surface area contributed by atoms with Gasteiger partial charge in [0.2, 0.25) is 0 Å². The second-order valence-corrected chi connectivity index (χ2v) is 5.33. The molecule has 2 heterocycles. The predicted molar refractivity (Wildman–Crippen MR) is 82.7 cm³/mol. The minimum absolute atomic E-state index is 0.289. The van der Waals surface area contributed by atoms with Crippen molar-refractivity contribution in [1.29, 1.82) is 0 Å². The number of aromatic amines is 1. The quantitative estimate of drug-likeness (QED) is 0.749. The normalized spacial score (nSPS) is 11.0. The Morgan fingerprint density at radius 2 is 1.76 bits per heavy atom. The molecule has 0 bridgehead atoms. The first-order chi connectivity index (χ1) is 9.95. The maximum Gasteiger partial charge on any atom is 0.335 e. The van der Waals surface area contributed by atoms with Gasteiger partial charge in [0.15, 0.2) is 0 Å². The number of aryl methyl sites for hydroxylation is 3. The van der Waals surface area contributed by atoms with Gasteiger partial charge >= 0.3 is 5.97 Å². The average Bonchev–Trinajstić information content (AvgIpc) is 2.74. The van der Waals surface area contributed by atoms with Crippen LogP contribution >= 0.6 is 0 Å². The standard InChI is InChI=1S/C17H16N2O2/c1-9-6-13(7-10(2)18-9)16-11(3)14-5-4-12(17(20)21)8-15(14)19-16/h4-8,19H,1-3H3,(H,20,21). The van der Waals surface area contributed by atoms with Crippen molar-refractivity contribution in [2.75, 3.05) is 0 Å². The van der Waals surface area contributed by atoms with E-state index < -0.39 is 5.97 Å². The Bertz CT molecular complexity index is 842. The van der Waals surface area contributed by atoms with E-state index in [-0.39, 0.29) is 5.56 Å². The van der Waals surface area contributed by atoms with Crippen LogP contribution in [-0.2, 0) is 0 Å². The van der Waals surface area contributed by atoms with E-state index in [0.29, 0.717) is 0 Å². The number of fused-ring (bicyclic) bond motifs is 1. The van der Waals surface area contributed by atoms with E-state index >= 15 is 0 Å². The fraction of sp³-hybridized carbons (Fsp3) is 0.176. The lowest BCUT2D eigenvalue weighted by Gasteiger charge is -2.04. The molecule has 2 N–H and O–H groups in total. The van der Waals surface area contributed by atoms with Crippen molar-refractivity contribution in [3.8, 4) is 11.3 Å². The molecule has 3 aromatic rings. The fourth-order valence-corrected chi connectivity index (χ4v) is 2.74. The first-order valence-corrected chi connectivity index (χ1v) is 6.77. The van der Waals surface area contributed by atoms with E-state index in [4.69, 9.17) is 5.11 Å². The number of hydrogen-bond donors (Lipinski definition) is 2. The van der Waals surface area contributed by atoms with Crippen LogP contribution in [0.3, 0.4) is 0 Å². The number of aromatic carboxylic acids is 1. The zero-order valence-corrected chi connectivity index (χ0v) is 12.2. The largest absolute Gasteiger partial charge is 0.478 e. The van der Waals surface area contributed by atoms with E-state index in [0.717, 1.165) is 39.1 Å². The van der Waals surface area contributed by atoms with E-state index in [1.807, 2.05) is 39.0 Å². The van der Waals surface area contributed by atoms with Gasteiger partial charge in [0.05, 0.1) is 5.56 Å². The Morgan fingerprint density at radius 3 is 2.38 bits per heavy atom. The summed E-state index contributed by atoms with van der Waals surface area (Å²) in [5.74, 6) is -0.915. The summed E-state index contributed by atoms with van der Waals surface area (Å²) < 4.78 is 0. The molecule has 0 saturated carbocycles. The SMILES string of the molecule is Cc1cc(-c2[nH]c3cc(C(=O)O)ccc3c2C)cc(C)n1. The molecule has 0 spiro atoms. The van der Waals surface area contributed by atoms with Crippen molar-refractivity contribution in [2.45, 2.75) is 20.8 Å². The van der Waals surface area contributed by atoms with Crippen LogP contribution in [0.15, 0.2) is 30.3 Å². The zero-order valence-electron chi connectivity index (χ0n) is 12.2. The Kier molecular flexibility index (Phi) is 3.01. The molecule has 21 heavy (non-hydrogen) atoms. The first kappa shape index (κ1) is 13.4. The molecular formula is C17H16N2O2. The van der Waals surface area contributed by atoms with Crippen LogP contribution in [0.5, 0.6) is 0 Å². The number of H-pyrrole nitrogens is 1. The molecule has 3 rings (SSSR count). The highest BCUT2D eigenvalue weighted by molar-refractivity contribution is 5.96. The number of carbonyl (C=O) groups is 1. The minimum Gasteiger partial charge on any atom is -0.478 e. The molecule has 0 atom stereocenters. The van der Waals surface area contributed by atoms with Crippen LogP contribution in [0.25, 0.3) is 22.2 Å². The second-order valence-electron chi connectivity index (χ2n) is 5.33. The number of carboxylic acids is 1. The highest BCUT2D eigenvalue weighted by atomic mass is 16.4. The highest BCUT2D eigenvalue weighted by Gasteiger charge is 2.12. The van der Waals surface area contributed by atoms with Gasteiger partial charge in [-0.25, -0.2) is 4.79 Å². The topological polar surface area (TPSA) is 66.0 Å². The van der Waals surface area contributed by atoms with Crippen LogP contribution in [0, 0.1) is 20.8 Å². The van der Waals surface area contributed by atoms with Crippen molar-refractivity contribution in [3.63, 3.8) is 0 Å². The molecule has 0 amide bonds. The Hall–Kier alpha value is -2.62. The van der Waals surface area contributed by atoms with Crippen molar-refractivity contribution in [1.82, 2.24) is 9.97 Å². The summed E-state index contributed by atoms with van der Waals surface area (Å²) in [6.45, 7) is 5.98. The number of hydrogen-bond acceptors (Lipinski definition) is 2. The summed E-state index contributed by atoms with van der Waals surface area (Å²) in [4.78, 5) is 18.8. The minimum atomic E-state index is -0.915. The molecule has 106 valence electrons.